The maximum Gasteiger partial charge on any atom is 0.258 e. The third-order valence-electron chi connectivity index (χ3n) is 5.22. The summed E-state index contributed by atoms with van der Waals surface area (Å²) in [5, 5.41) is 10.5. The average molecular weight is 333 g/mol. The molecular weight excluding hydrogens is 306 g/mol. The topological polar surface area (TPSA) is 56.2 Å². The minimum Gasteiger partial charge on any atom is -0.496 e. The summed E-state index contributed by atoms with van der Waals surface area (Å²) < 4.78 is 5.36. The fourth-order valence-corrected chi connectivity index (χ4v) is 3.69. The predicted octanol–water partition coefficient (Wildman–Crippen LogP) is 0.436. The number of rotatable bonds is 3. The van der Waals surface area contributed by atoms with Crippen LogP contribution in [0.1, 0.15) is 15.9 Å². The van der Waals surface area contributed by atoms with Gasteiger partial charge in [-0.3, -0.25) is 9.69 Å². The molecule has 1 amide bonds. The Morgan fingerprint density at radius 3 is 2.58 bits per heavy atom. The van der Waals surface area contributed by atoms with Gasteiger partial charge in [-0.2, -0.15) is 0 Å². The van der Waals surface area contributed by atoms with Gasteiger partial charge >= 0.3 is 0 Å². The minimum atomic E-state index is -0.493. The molecule has 2 heterocycles. The monoisotopic (exact) mass is 333 g/mol. The maximum absolute atomic E-state index is 13.0. The number of piperazine rings is 1. The van der Waals surface area contributed by atoms with Crippen molar-refractivity contribution in [2.24, 2.45) is 0 Å². The largest absolute Gasteiger partial charge is 0.496 e. The van der Waals surface area contributed by atoms with E-state index in [1.807, 2.05) is 25.1 Å². The van der Waals surface area contributed by atoms with Crippen LogP contribution in [0.15, 0.2) is 18.2 Å². The molecule has 0 saturated carbocycles. The van der Waals surface area contributed by atoms with E-state index in [2.05, 4.69) is 16.8 Å². The molecule has 1 N–H and O–H groups in total. The Morgan fingerprint density at radius 1 is 1.21 bits per heavy atom. The number of aliphatic hydroxyl groups excluding tert-OH is 1. The molecule has 0 aromatic heterocycles. The molecule has 24 heavy (non-hydrogen) atoms. The van der Waals surface area contributed by atoms with Crippen LogP contribution in [0.3, 0.4) is 0 Å². The zero-order valence-corrected chi connectivity index (χ0v) is 14.7. The first-order valence-corrected chi connectivity index (χ1v) is 8.54. The molecule has 2 aliphatic rings. The molecule has 1 aromatic carbocycles. The first kappa shape index (κ1) is 17.2. The van der Waals surface area contributed by atoms with Crippen LogP contribution in [-0.4, -0.2) is 91.3 Å². The van der Waals surface area contributed by atoms with Crippen molar-refractivity contribution in [1.29, 1.82) is 0 Å². The summed E-state index contributed by atoms with van der Waals surface area (Å²) in [5.41, 5.74) is 1.50. The molecule has 0 aliphatic carbocycles. The molecule has 2 fully saturated rings. The summed E-state index contributed by atoms with van der Waals surface area (Å²) in [6.45, 7) is 6.75. The van der Waals surface area contributed by atoms with Gasteiger partial charge in [0.1, 0.15) is 5.75 Å². The van der Waals surface area contributed by atoms with E-state index in [1.54, 1.807) is 12.0 Å². The lowest BCUT2D eigenvalue weighted by molar-refractivity contribution is 0.0512. The lowest BCUT2D eigenvalue weighted by atomic mass is 10.1. The van der Waals surface area contributed by atoms with Crippen molar-refractivity contribution in [3.05, 3.63) is 29.3 Å². The molecule has 2 aliphatic heterocycles. The smallest absolute Gasteiger partial charge is 0.258 e. The molecular formula is C18H27N3O3. The molecule has 0 radical (unpaired) electrons. The summed E-state index contributed by atoms with van der Waals surface area (Å²) in [4.78, 5) is 19.3. The highest BCUT2D eigenvalue weighted by atomic mass is 16.5. The predicted molar refractivity (Wildman–Crippen MR) is 92.5 cm³/mol. The Bertz CT molecular complexity index is 599. The Kier molecular flexibility index (Phi) is 5.08. The van der Waals surface area contributed by atoms with Gasteiger partial charge in [-0.15, -0.1) is 0 Å². The van der Waals surface area contributed by atoms with Crippen LogP contribution in [0.25, 0.3) is 0 Å². The molecule has 132 valence electrons. The lowest BCUT2D eigenvalue weighted by Crippen LogP contribution is -2.52. The molecule has 6 nitrogen and oxygen atoms in total. The normalized spacial score (nSPS) is 25.9. The number of hydrogen-bond acceptors (Lipinski definition) is 5. The van der Waals surface area contributed by atoms with Crippen LogP contribution >= 0.6 is 0 Å². The number of benzene rings is 1. The average Bonchev–Trinajstić information content (AvgIpc) is 2.96. The first-order chi connectivity index (χ1) is 11.5. The first-order valence-electron chi connectivity index (χ1n) is 8.54. The third kappa shape index (κ3) is 3.27. The Morgan fingerprint density at radius 2 is 1.92 bits per heavy atom. The summed E-state index contributed by atoms with van der Waals surface area (Å²) in [7, 11) is 3.69. The number of β-amino-alcohol motifs (C(OH)–C–C–N with tert-alkyl or cyclic N) is 1. The fourth-order valence-electron chi connectivity index (χ4n) is 3.69. The number of carbonyl (C=O) groups is 1. The zero-order valence-electron chi connectivity index (χ0n) is 14.7. The number of hydrogen-bond donors (Lipinski definition) is 1. The van der Waals surface area contributed by atoms with E-state index < -0.39 is 6.10 Å². The van der Waals surface area contributed by atoms with Crippen LogP contribution in [0, 0.1) is 6.92 Å². The Labute approximate surface area is 143 Å². The van der Waals surface area contributed by atoms with Gasteiger partial charge in [-0.1, -0.05) is 12.1 Å². The summed E-state index contributed by atoms with van der Waals surface area (Å²) in [6.07, 6.45) is -0.493. The van der Waals surface area contributed by atoms with E-state index in [-0.39, 0.29) is 11.9 Å². The molecule has 6 heteroatoms. The number of likely N-dealkylation sites (tertiary alicyclic amines) is 1. The zero-order chi connectivity index (χ0) is 17.3. The standard InChI is InChI=1S/C18H27N3O3/c1-13-5-4-6-16(24-3)17(13)18(23)21-11-14(15(22)12-21)20-9-7-19(2)8-10-20/h4-6,14-15,22H,7-12H2,1-3H3/t14-,15-/m0/s1. The van der Waals surface area contributed by atoms with Gasteiger partial charge in [0.05, 0.1) is 24.8 Å². The van der Waals surface area contributed by atoms with Crippen molar-refractivity contribution in [2.75, 3.05) is 53.4 Å². The summed E-state index contributed by atoms with van der Waals surface area (Å²) in [6, 6.07) is 5.64. The number of nitrogens with zero attached hydrogens (tertiary/aromatic N) is 3. The van der Waals surface area contributed by atoms with Crippen LogP contribution < -0.4 is 4.74 Å². The van der Waals surface area contributed by atoms with Crippen molar-refractivity contribution in [1.82, 2.24) is 14.7 Å². The van der Waals surface area contributed by atoms with E-state index in [9.17, 15) is 9.90 Å². The van der Waals surface area contributed by atoms with Crippen molar-refractivity contribution in [3.63, 3.8) is 0 Å². The molecule has 0 bridgehead atoms. The van der Waals surface area contributed by atoms with Gasteiger partial charge in [0.25, 0.3) is 5.91 Å². The summed E-state index contributed by atoms with van der Waals surface area (Å²) >= 11 is 0. The minimum absolute atomic E-state index is 0.0256. The van der Waals surface area contributed by atoms with Crippen molar-refractivity contribution in [2.45, 2.75) is 19.1 Å². The molecule has 1 aromatic rings. The highest BCUT2D eigenvalue weighted by molar-refractivity contribution is 5.98. The van der Waals surface area contributed by atoms with Crippen LogP contribution in [0.4, 0.5) is 0 Å². The summed E-state index contributed by atoms with van der Waals surface area (Å²) in [5.74, 6) is 0.540. The Hall–Kier alpha value is -1.63. The van der Waals surface area contributed by atoms with E-state index in [0.29, 0.717) is 24.4 Å². The quantitative estimate of drug-likeness (QED) is 0.870. The van der Waals surface area contributed by atoms with E-state index in [1.165, 1.54) is 0 Å². The molecule has 0 spiro atoms. The van der Waals surface area contributed by atoms with Crippen LogP contribution in [0.2, 0.25) is 0 Å². The highest BCUT2D eigenvalue weighted by Gasteiger charge is 2.39. The van der Waals surface area contributed by atoms with Crippen LogP contribution in [-0.2, 0) is 0 Å². The van der Waals surface area contributed by atoms with E-state index in [4.69, 9.17) is 4.74 Å². The maximum atomic E-state index is 13.0. The van der Waals surface area contributed by atoms with Gasteiger partial charge in [0.2, 0.25) is 0 Å². The number of methoxy groups -OCH3 is 1. The SMILES string of the molecule is COc1cccc(C)c1C(=O)N1C[C@H](O)[C@@H](N2CCN(C)CC2)C1. The van der Waals surface area contributed by atoms with Gasteiger partial charge in [-0.05, 0) is 25.6 Å². The second-order valence-corrected chi connectivity index (χ2v) is 6.84. The lowest BCUT2D eigenvalue weighted by Gasteiger charge is -2.37. The van der Waals surface area contributed by atoms with Gasteiger partial charge < -0.3 is 19.6 Å². The highest BCUT2D eigenvalue weighted by Crippen LogP contribution is 2.26. The van der Waals surface area contributed by atoms with Gasteiger partial charge in [0, 0.05) is 39.3 Å². The second-order valence-electron chi connectivity index (χ2n) is 6.84. The number of ether oxygens (including phenoxy) is 1. The fraction of sp³-hybridized carbons (Fsp3) is 0.611. The van der Waals surface area contributed by atoms with Crippen molar-refractivity contribution < 1.29 is 14.6 Å². The molecule has 2 atom stereocenters. The van der Waals surface area contributed by atoms with Gasteiger partial charge in [-0.25, -0.2) is 0 Å². The molecule has 3 rings (SSSR count). The molecule has 0 unspecified atom stereocenters. The number of aliphatic hydroxyl groups is 1. The van der Waals surface area contributed by atoms with Crippen molar-refractivity contribution >= 4 is 5.91 Å². The van der Waals surface area contributed by atoms with E-state index in [0.717, 1.165) is 31.7 Å². The van der Waals surface area contributed by atoms with Crippen LogP contribution in [0.5, 0.6) is 5.75 Å². The van der Waals surface area contributed by atoms with Gasteiger partial charge in [0.15, 0.2) is 0 Å². The second kappa shape index (κ2) is 7.09. The number of aryl methyl sites for hydroxylation is 1. The number of likely N-dealkylation sites (N-methyl/N-ethyl adjacent to an activating group) is 1. The Balaban J connectivity index is 1.74. The third-order valence-corrected chi connectivity index (χ3v) is 5.22. The number of amides is 1. The number of carbonyl (C=O) groups excluding carboxylic acids is 1. The van der Waals surface area contributed by atoms with E-state index >= 15 is 0 Å². The van der Waals surface area contributed by atoms with Crippen molar-refractivity contribution in [3.8, 4) is 5.75 Å². The molecule has 2 saturated heterocycles.